The minimum Gasteiger partial charge on any atom is -0.261 e. The van der Waals surface area contributed by atoms with Crippen molar-refractivity contribution in [2.45, 2.75) is 71.1 Å². The van der Waals surface area contributed by atoms with E-state index in [2.05, 4.69) is 50.5 Å². The molecule has 0 unspecified atom stereocenters. The van der Waals surface area contributed by atoms with E-state index in [4.69, 9.17) is 18.2 Å². The molecule has 0 aliphatic carbocycles. The summed E-state index contributed by atoms with van der Waals surface area (Å²) in [6.07, 6.45) is 2.90. The number of halogens is 2. The van der Waals surface area contributed by atoms with Crippen molar-refractivity contribution in [3.8, 4) is 0 Å². The average molecular weight is 531 g/mol. The van der Waals surface area contributed by atoms with Crippen LogP contribution in [0.4, 0.5) is 10.1 Å². The molecule has 3 aromatic rings. The van der Waals surface area contributed by atoms with Gasteiger partial charge in [-0.25, -0.2) is 17.7 Å². The minimum absolute atomic E-state index is 0.0272. The van der Waals surface area contributed by atoms with Crippen molar-refractivity contribution in [2.24, 2.45) is 0 Å². The van der Waals surface area contributed by atoms with Crippen LogP contribution in [-0.4, -0.2) is 19.7 Å². The number of rotatable bonds is 4. The molecule has 0 bridgehead atoms. The summed E-state index contributed by atoms with van der Waals surface area (Å²) in [5.41, 5.74) is 4.74. The average Bonchev–Trinajstić information content (AvgIpc) is 2.78. The van der Waals surface area contributed by atoms with E-state index >= 15 is 0 Å². The zero-order valence-electron chi connectivity index (χ0n) is 22.3. The fourth-order valence-corrected chi connectivity index (χ4v) is 4.39. The van der Waals surface area contributed by atoms with Gasteiger partial charge in [-0.05, 0) is 65.6 Å². The SMILES string of the molecule is CC(C)c1ccc(S(C)(=O)=O)cc1F.Cc1ncccc1C(C)C.[C-]#[N+]c1ccc(C(C)C)c(Cl)c1. The Hall–Kier alpha value is -2.75. The maximum Gasteiger partial charge on any atom is 0.188 e. The first-order chi connectivity index (χ1) is 16.7. The Labute approximate surface area is 221 Å². The molecule has 0 fully saturated rings. The summed E-state index contributed by atoms with van der Waals surface area (Å²) in [6.45, 7) is 21.1. The summed E-state index contributed by atoms with van der Waals surface area (Å²) in [4.78, 5) is 7.52. The van der Waals surface area contributed by atoms with Crippen LogP contribution in [0, 0.1) is 19.3 Å². The van der Waals surface area contributed by atoms with Gasteiger partial charge in [-0.1, -0.05) is 77.4 Å². The molecule has 2 aromatic carbocycles. The fourth-order valence-electron chi connectivity index (χ4n) is 3.37. The summed E-state index contributed by atoms with van der Waals surface area (Å²) in [5, 5.41) is 0.693. The molecule has 0 saturated carbocycles. The summed E-state index contributed by atoms with van der Waals surface area (Å²) >= 11 is 5.96. The Morgan fingerprint density at radius 1 is 0.889 bits per heavy atom. The smallest absolute Gasteiger partial charge is 0.188 e. The summed E-state index contributed by atoms with van der Waals surface area (Å²) in [6, 6.07) is 13.6. The van der Waals surface area contributed by atoms with E-state index in [0.29, 0.717) is 28.1 Å². The van der Waals surface area contributed by atoms with Crippen LogP contribution in [0.2, 0.25) is 5.02 Å². The van der Waals surface area contributed by atoms with Crippen molar-refractivity contribution in [2.75, 3.05) is 6.26 Å². The zero-order chi connectivity index (χ0) is 27.6. The zero-order valence-corrected chi connectivity index (χ0v) is 23.9. The monoisotopic (exact) mass is 530 g/mol. The van der Waals surface area contributed by atoms with Crippen LogP contribution in [0.3, 0.4) is 0 Å². The highest BCUT2D eigenvalue weighted by Crippen LogP contribution is 2.28. The van der Waals surface area contributed by atoms with E-state index in [1.165, 1.54) is 17.7 Å². The third kappa shape index (κ3) is 9.72. The minimum atomic E-state index is -3.31. The van der Waals surface area contributed by atoms with Crippen molar-refractivity contribution in [3.05, 3.63) is 99.4 Å². The topological polar surface area (TPSA) is 51.4 Å². The van der Waals surface area contributed by atoms with Crippen molar-refractivity contribution < 1.29 is 12.8 Å². The molecule has 0 radical (unpaired) electrons. The Kier molecular flexibility index (Phi) is 12.3. The normalized spacial score (nSPS) is 10.9. The Morgan fingerprint density at radius 3 is 1.83 bits per heavy atom. The molecule has 0 N–H and O–H groups in total. The van der Waals surface area contributed by atoms with E-state index < -0.39 is 15.7 Å². The van der Waals surface area contributed by atoms with Gasteiger partial charge in [-0.3, -0.25) is 4.98 Å². The molecule has 36 heavy (non-hydrogen) atoms. The number of benzene rings is 2. The summed E-state index contributed by atoms with van der Waals surface area (Å²) in [7, 11) is -3.31. The second-order valence-electron chi connectivity index (χ2n) is 9.42. The number of aryl methyl sites for hydroxylation is 1. The van der Waals surface area contributed by atoms with Crippen LogP contribution in [0.15, 0.2) is 59.6 Å². The number of nitrogens with zero attached hydrogens (tertiary/aromatic N) is 2. The Balaban J connectivity index is 0.000000274. The number of hydrogen-bond acceptors (Lipinski definition) is 3. The maximum absolute atomic E-state index is 13.4. The molecule has 0 aliphatic rings. The van der Waals surface area contributed by atoms with Crippen LogP contribution in [0.1, 0.15) is 81.7 Å². The molecule has 0 saturated heterocycles. The molecule has 0 amide bonds. The number of sulfone groups is 1. The lowest BCUT2D eigenvalue weighted by molar-refractivity contribution is 0.584. The summed E-state index contributed by atoms with van der Waals surface area (Å²) < 4.78 is 35.6. The van der Waals surface area contributed by atoms with E-state index in [-0.39, 0.29) is 10.8 Å². The van der Waals surface area contributed by atoms with Crippen LogP contribution < -0.4 is 0 Å². The lowest BCUT2D eigenvalue weighted by atomic mass is 10.0. The highest BCUT2D eigenvalue weighted by Gasteiger charge is 2.12. The highest BCUT2D eigenvalue weighted by molar-refractivity contribution is 7.90. The van der Waals surface area contributed by atoms with Gasteiger partial charge in [0.2, 0.25) is 0 Å². The number of aromatic nitrogens is 1. The highest BCUT2D eigenvalue weighted by atomic mass is 35.5. The lowest BCUT2D eigenvalue weighted by Crippen LogP contribution is -2.00. The second-order valence-corrected chi connectivity index (χ2v) is 11.8. The van der Waals surface area contributed by atoms with Crippen LogP contribution in [0.25, 0.3) is 4.85 Å². The molecular weight excluding hydrogens is 495 g/mol. The molecule has 0 atom stereocenters. The molecule has 7 heteroatoms. The van der Waals surface area contributed by atoms with E-state index in [0.717, 1.165) is 23.6 Å². The molecular formula is C29H36ClFN2O2S. The quantitative estimate of drug-likeness (QED) is 0.316. The fraction of sp³-hybridized carbons (Fsp3) is 0.379. The van der Waals surface area contributed by atoms with Gasteiger partial charge in [-0.15, -0.1) is 0 Å². The van der Waals surface area contributed by atoms with Gasteiger partial charge in [0, 0.05) is 23.2 Å². The predicted molar refractivity (Wildman–Crippen MR) is 148 cm³/mol. The van der Waals surface area contributed by atoms with Gasteiger partial charge in [0.05, 0.1) is 11.5 Å². The second kappa shape index (κ2) is 14.1. The van der Waals surface area contributed by atoms with Crippen LogP contribution in [-0.2, 0) is 9.84 Å². The van der Waals surface area contributed by atoms with Gasteiger partial charge < -0.3 is 0 Å². The van der Waals surface area contributed by atoms with Gasteiger partial charge in [-0.2, -0.15) is 0 Å². The van der Waals surface area contributed by atoms with Crippen molar-refractivity contribution in [1.82, 2.24) is 4.98 Å². The number of pyridine rings is 1. The predicted octanol–water partition coefficient (Wildman–Crippen LogP) is 8.88. The van der Waals surface area contributed by atoms with E-state index in [9.17, 15) is 12.8 Å². The van der Waals surface area contributed by atoms with E-state index in [1.54, 1.807) is 12.1 Å². The third-order valence-corrected chi connectivity index (χ3v) is 6.86. The summed E-state index contributed by atoms with van der Waals surface area (Å²) in [5.74, 6) is 0.609. The molecule has 1 heterocycles. The van der Waals surface area contributed by atoms with Crippen molar-refractivity contribution in [1.29, 1.82) is 0 Å². The standard InChI is InChI=1S/C10H10ClN.C10H13FO2S.C9H13N/c1-7(2)9-5-4-8(12-3)6-10(9)11;1-7(2)9-5-4-8(6-10(9)11)14(3,12)13;1-7(2)9-5-4-6-10-8(9)3/h4-7H,1-2H3;4-7H,1-3H3;4-7H,1-3H3. The number of hydrogen-bond donors (Lipinski definition) is 0. The van der Waals surface area contributed by atoms with Crippen molar-refractivity contribution >= 4 is 27.1 Å². The molecule has 0 aliphatic heterocycles. The first kappa shape index (κ1) is 31.3. The van der Waals surface area contributed by atoms with Crippen LogP contribution >= 0.6 is 11.6 Å². The molecule has 1 aromatic heterocycles. The largest absolute Gasteiger partial charge is 0.261 e. The molecule has 3 rings (SSSR count). The lowest BCUT2D eigenvalue weighted by Gasteiger charge is -2.07. The maximum atomic E-state index is 13.4. The van der Waals surface area contributed by atoms with E-state index in [1.807, 2.05) is 32.2 Å². The van der Waals surface area contributed by atoms with Gasteiger partial charge in [0.1, 0.15) is 5.82 Å². The van der Waals surface area contributed by atoms with Gasteiger partial charge >= 0.3 is 0 Å². The first-order valence-electron chi connectivity index (χ1n) is 11.8. The third-order valence-electron chi connectivity index (χ3n) is 5.43. The Bertz CT molecular complexity index is 1300. The first-order valence-corrected chi connectivity index (χ1v) is 14.0. The van der Waals surface area contributed by atoms with Gasteiger partial charge in [0.25, 0.3) is 0 Å². The molecule has 0 spiro atoms. The van der Waals surface area contributed by atoms with Crippen molar-refractivity contribution in [3.63, 3.8) is 0 Å². The Morgan fingerprint density at radius 2 is 1.44 bits per heavy atom. The van der Waals surface area contributed by atoms with Crippen LogP contribution in [0.5, 0.6) is 0 Å². The molecule has 4 nitrogen and oxygen atoms in total. The van der Waals surface area contributed by atoms with Gasteiger partial charge in [0.15, 0.2) is 15.5 Å². The molecule has 194 valence electrons.